The van der Waals surface area contributed by atoms with E-state index >= 15 is 0 Å². The summed E-state index contributed by atoms with van der Waals surface area (Å²) in [6.45, 7) is 3.56. The van der Waals surface area contributed by atoms with Crippen LogP contribution in [0.3, 0.4) is 0 Å². The Kier molecular flexibility index (Phi) is 4.56. The van der Waals surface area contributed by atoms with Crippen LogP contribution in [-0.4, -0.2) is 57.8 Å². The number of alkyl halides is 2. The standard InChI is InChI=1S/C13H20F2N2O2S/c1-3-6-16(7-10(14)15)12(19)9-8-20-13(2)5-4-11(18)17(9)13/h9-10H,3-8H2,1-2H3/t9-,13-/m1/s1. The lowest BCUT2D eigenvalue weighted by atomic mass is 10.2. The lowest BCUT2D eigenvalue weighted by molar-refractivity contribution is -0.145. The third-order valence-electron chi connectivity index (χ3n) is 3.89. The predicted octanol–water partition coefficient (Wildman–Crippen LogP) is 1.94. The van der Waals surface area contributed by atoms with Gasteiger partial charge in [0.15, 0.2) is 0 Å². The fraction of sp³-hybridized carbons (Fsp3) is 0.846. The number of amides is 2. The minimum Gasteiger partial charge on any atom is -0.335 e. The van der Waals surface area contributed by atoms with Gasteiger partial charge in [0.05, 0.1) is 11.4 Å². The largest absolute Gasteiger partial charge is 0.335 e. The van der Waals surface area contributed by atoms with Gasteiger partial charge in [-0.25, -0.2) is 8.78 Å². The van der Waals surface area contributed by atoms with Gasteiger partial charge in [-0.3, -0.25) is 9.59 Å². The molecule has 2 atom stereocenters. The third-order valence-corrected chi connectivity index (χ3v) is 5.40. The summed E-state index contributed by atoms with van der Waals surface area (Å²) in [7, 11) is 0. The molecule has 0 saturated carbocycles. The van der Waals surface area contributed by atoms with Gasteiger partial charge in [0.1, 0.15) is 6.04 Å². The molecule has 0 unspecified atom stereocenters. The summed E-state index contributed by atoms with van der Waals surface area (Å²) >= 11 is 1.58. The van der Waals surface area contributed by atoms with Crippen LogP contribution in [-0.2, 0) is 9.59 Å². The first-order chi connectivity index (χ1) is 9.39. The molecule has 0 aromatic rings. The average Bonchev–Trinajstić information content (AvgIpc) is 2.85. The minimum atomic E-state index is -2.54. The first-order valence-electron chi connectivity index (χ1n) is 6.92. The summed E-state index contributed by atoms with van der Waals surface area (Å²) in [5.41, 5.74) is 0. The van der Waals surface area contributed by atoms with Gasteiger partial charge in [0.2, 0.25) is 11.8 Å². The van der Waals surface area contributed by atoms with Gasteiger partial charge < -0.3 is 9.80 Å². The molecule has 0 spiro atoms. The number of carbonyl (C=O) groups is 2. The summed E-state index contributed by atoms with van der Waals surface area (Å²) in [6.07, 6.45) is -0.747. The molecule has 0 aliphatic carbocycles. The highest BCUT2D eigenvalue weighted by Crippen LogP contribution is 2.47. The Morgan fingerprint density at radius 1 is 1.60 bits per heavy atom. The molecule has 0 aromatic heterocycles. The van der Waals surface area contributed by atoms with Crippen LogP contribution in [0.15, 0.2) is 0 Å². The number of hydrogen-bond donors (Lipinski definition) is 0. The van der Waals surface area contributed by atoms with E-state index < -0.39 is 19.0 Å². The number of halogens is 2. The molecule has 114 valence electrons. The summed E-state index contributed by atoms with van der Waals surface area (Å²) in [5, 5.41) is 0. The zero-order valence-corrected chi connectivity index (χ0v) is 12.6. The molecule has 0 aromatic carbocycles. The Labute approximate surface area is 121 Å². The van der Waals surface area contributed by atoms with E-state index in [1.165, 1.54) is 4.90 Å². The molecule has 2 amide bonds. The van der Waals surface area contributed by atoms with Gasteiger partial charge in [-0.1, -0.05) is 6.92 Å². The molecular weight excluding hydrogens is 286 g/mol. The summed E-state index contributed by atoms with van der Waals surface area (Å²) in [4.78, 5) is 26.9. The summed E-state index contributed by atoms with van der Waals surface area (Å²) < 4.78 is 25.2. The van der Waals surface area contributed by atoms with Crippen molar-refractivity contribution in [3.8, 4) is 0 Å². The van der Waals surface area contributed by atoms with Crippen molar-refractivity contribution in [3.05, 3.63) is 0 Å². The SMILES string of the molecule is CCCN(CC(F)F)C(=O)[C@H]1CS[C@]2(C)CCC(=O)N12. The van der Waals surface area contributed by atoms with Crippen LogP contribution in [0.2, 0.25) is 0 Å². The second-order valence-electron chi connectivity index (χ2n) is 5.44. The van der Waals surface area contributed by atoms with Crippen molar-refractivity contribution in [3.63, 3.8) is 0 Å². The maximum absolute atomic E-state index is 12.6. The Bertz CT molecular complexity index is 408. The summed E-state index contributed by atoms with van der Waals surface area (Å²) in [6, 6.07) is -0.578. The van der Waals surface area contributed by atoms with E-state index in [4.69, 9.17) is 0 Å². The summed E-state index contributed by atoms with van der Waals surface area (Å²) in [5.74, 6) is 0.132. The molecule has 2 saturated heterocycles. The van der Waals surface area contributed by atoms with E-state index in [-0.39, 0.29) is 16.7 Å². The van der Waals surface area contributed by atoms with E-state index in [9.17, 15) is 18.4 Å². The third kappa shape index (κ3) is 2.77. The second-order valence-corrected chi connectivity index (χ2v) is 6.94. The van der Waals surface area contributed by atoms with Crippen LogP contribution in [0.25, 0.3) is 0 Å². The number of thioether (sulfide) groups is 1. The smallest absolute Gasteiger partial charge is 0.255 e. The topological polar surface area (TPSA) is 40.6 Å². The zero-order chi connectivity index (χ0) is 14.9. The molecule has 20 heavy (non-hydrogen) atoms. The van der Waals surface area contributed by atoms with Crippen molar-refractivity contribution < 1.29 is 18.4 Å². The highest BCUT2D eigenvalue weighted by molar-refractivity contribution is 8.01. The molecule has 2 rings (SSSR count). The molecule has 2 heterocycles. The Morgan fingerprint density at radius 2 is 2.30 bits per heavy atom. The second kappa shape index (κ2) is 5.87. The fourth-order valence-corrected chi connectivity index (χ4v) is 4.37. The van der Waals surface area contributed by atoms with E-state index in [1.807, 2.05) is 13.8 Å². The number of rotatable bonds is 5. The molecular formula is C13H20F2N2O2S. The van der Waals surface area contributed by atoms with Crippen LogP contribution in [0.4, 0.5) is 8.78 Å². The van der Waals surface area contributed by atoms with Crippen molar-refractivity contribution in [2.24, 2.45) is 0 Å². The Balaban J connectivity index is 2.13. The Hall–Kier alpha value is -0.850. The molecule has 7 heteroatoms. The molecule has 0 bridgehead atoms. The molecule has 2 aliphatic heterocycles. The molecule has 4 nitrogen and oxygen atoms in total. The zero-order valence-electron chi connectivity index (χ0n) is 11.8. The van der Waals surface area contributed by atoms with E-state index in [1.54, 1.807) is 16.7 Å². The normalized spacial score (nSPS) is 29.1. The predicted molar refractivity (Wildman–Crippen MR) is 73.6 cm³/mol. The van der Waals surface area contributed by atoms with Crippen LogP contribution in [0.5, 0.6) is 0 Å². The number of fused-ring (bicyclic) bond motifs is 1. The van der Waals surface area contributed by atoms with Gasteiger partial charge in [-0.15, -0.1) is 11.8 Å². The highest BCUT2D eigenvalue weighted by atomic mass is 32.2. The van der Waals surface area contributed by atoms with Crippen LogP contribution >= 0.6 is 11.8 Å². The first-order valence-corrected chi connectivity index (χ1v) is 7.90. The van der Waals surface area contributed by atoms with Crippen LogP contribution in [0, 0.1) is 0 Å². The van der Waals surface area contributed by atoms with Gasteiger partial charge in [0.25, 0.3) is 6.43 Å². The van der Waals surface area contributed by atoms with Crippen molar-refractivity contribution in [1.29, 1.82) is 0 Å². The van der Waals surface area contributed by atoms with Gasteiger partial charge >= 0.3 is 0 Å². The lowest BCUT2D eigenvalue weighted by Gasteiger charge is -2.33. The van der Waals surface area contributed by atoms with Crippen molar-refractivity contribution in [2.45, 2.75) is 50.4 Å². The molecule has 0 N–H and O–H groups in total. The molecule has 2 fully saturated rings. The minimum absolute atomic E-state index is 0.0376. The number of nitrogens with zero attached hydrogens (tertiary/aromatic N) is 2. The van der Waals surface area contributed by atoms with E-state index in [0.29, 0.717) is 25.1 Å². The number of carbonyl (C=O) groups excluding carboxylic acids is 2. The van der Waals surface area contributed by atoms with Crippen LogP contribution < -0.4 is 0 Å². The van der Waals surface area contributed by atoms with E-state index in [2.05, 4.69) is 0 Å². The molecule has 0 radical (unpaired) electrons. The quantitative estimate of drug-likeness (QED) is 0.779. The van der Waals surface area contributed by atoms with Gasteiger partial charge in [-0.2, -0.15) is 0 Å². The van der Waals surface area contributed by atoms with Crippen molar-refractivity contribution >= 4 is 23.6 Å². The van der Waals surface area contributed by atoms with Gasteiger partial charge in [-0.05, 0) is 19.8 Å². The van der Waals surface area contributed by atoms with Crippen LogP contribution in [0.1, 0.15) is 33.1 Å². The monoisotopic (exact) mass is 306 g/mol. The highest BCUT2D eigenvalue weighted by Gasteiger charge is 2.53. The maximum Gasteiger partial charge on any atom is 0.255 e. The first kappa shape index (κ1) is 15.5. The van der Waals surface area contributed by atoms with E-state index in [0.717, 1.165) is 6.42 Å². The number of hydrogen-bond acceptors (Lipinski definition) is 3. The Morgan fingerprint density at radius 3 is 2.90 bits per heavy atom. The fourth-order valence-electron chi connectivity index (χ4n) is 2.94. The van der Waals surface area contributed by atoms with Crippen molar-refractivity contribution in [2.75, 3.05) is 18.8 Å². The average molecular weight is 306 g/mol. The molecule has 2 aliphatic rings. The van der Waals surface area contributed by atoms with Crippen molar-refractivity contribution in [1.82, 2.24) is 9.80 Å². The van der Waals surface area contributed by atoms with Gasteiger partial charge in [0, 0.05) is 18.7 Å². The maximum atomic E-state index is 12.6. The lowest BCUT2D eigenvalue weighted by Crippen LogP contribution is -2.52.